The lowest BCUT2D eigenvalue weighted by molar-refractivity contribution is -0.148. The predicted octanol–water partition coefficient (Wildman–Crippen LogP) is 0.745. The molecule has 0 aliphatic carbocycles. The van der Waals surface area contributed by atoms with Crippen LogP contribution in [0.4, 0.5) is 0 Å². The zero-order valence-electron chi connectivity index (χ0n) is 9.16. The fraction of sp³-hybridized carbons (Fsp3) is 0.500. The number of rotatable bonds is 5. The van der Waals surface area contributed by atoms with E-state index < -0.39 is 21.0 Å². The molecule has 0 aromatic rings. The Bertz CT molecular complexity index is 234. The quantitative estimate of drug-likeness (QED) is 0.516. The van der Waals surface area contributed by atoms with Gasteiger partial charge in [-0.2, -0.15) is 0 Å². The van der Waals surface area contributed by atoms with E-state index in [1.165, 1.54) is 14.0 Å². The van der Waals surface area contributed by atoms with E-state index in [0.717, 1.165) is 13.8 Å². The molecule has 0 radical (unpaired) electrons. The monoisotopic (exact) mass is 234 g/mol. The van der Waals surface area contributed by atoms with Gasteiger partial charge in [-0.25, -0.2) is 0 Å². The molecule has 0 saturated heterocycles. The average Bonchev–Trinajstić information content (AvgIpc) is 1.99. The average molecular weight is 234 g/mol. The van der Waals surface area contributed by atoms with Crippen LogP contribution in [-0.4, -0.2) is 28.1 Å². The summed E-state index contributed by atoms with van der Waals surface area (Å²) < 4.78 is 19.4. The summed E-state index contributed by atoms with van der Waals surface area (Å²) in [5, 5.41) is 0. The van der Waals surface area contributed by atoms with Crippen LogP contribution in [0.2, 0.25) is 0 Å². The number of allylic oxidation sites excluding steroid dienone is 1. The van der Waals surface area contributed by atoms with Gasteiger partial charge in [-0.1, -0.05) is 6.58 Å². The van der Waals surface area contributed by atoms with Crippen molar-refractivity contribution >= 4 is 21.0 Å². The molecule has 0 aliphatic heterocycles. The molecule has 0 saturated carbocycles. The topological polar surface area (TPSA) is 71.1 Å². The van der Waals surface area contributed by atoms with Gasteiger partial charge in [0.05, 0.1) is 5.76 Å². The minimum absolute atomic E-state index is 0.228. The van der Waals surface area contributed by atoms with Crippen molar-refractivity contribution in [2.75, 3.05) is 7.11 Å². The first kappa shape index (κ1) is 13.7. The van der Waals surface area contributed by atoms with Gasteiger partial charge in [0.15, 0.2) is 0 Å². The molecule has 86 valence electrons. The highest BCUT2D eigenvalue weighted by molar-refractivity contribution is 6.57. The fourth-order valence-electron chi connectivity index (χ4n) is 0.753. The number of hydrogen-bond acceptors (Lipinski definition) is 6. The van der Waals surface area contributed by atoms with Crippen molar-refractivity contribution in [1.29, 1.82) is 0 Å². The molecule has 0 amide bonds. The second-order valence-corrected chi connectivity index (χ2v) is 4.72. The maximum absolute atomic E-state index is 10.8. The summed E-state index contributed by atoms with van der Waals surface area (Å²) in [6, 6.07) is 0. The Morgan fingerprint density at radius 3 is 1.60 bits per heavy atom. The van der Waals surface area contributed by atoms with E-state index in [2.05, 4.69) is 6.58 Å². The normalized spacial score (nSPS) is 10.4. The predicted molar refractivity (Wildman–Crippen MR) is 52.2 cm³/mol. The van der Waals surface area contributed by atoms with Crippen LogP contribution < -0.4 is 0 Å². The largest absolute Gasteiger partial charge is 0.896 e. The third-order valence-corrected chi connectivity index (χ3v) is 3.26. The lowest BCUT2D eigenvalue weighted by atomic mass is 10.7. The molecule has 0 aliphatic rings. The second-order valence-electron chi connectivity index (χ2n) is 2.70. The molecule has 0 atom stereocenters. The Balaban J connectivity index is 4.81. The van der Waals surface area contributed by atoms with Gasteiger partial charge in [-0.3, -0.25) is 9.59 Å². The van der Waals surface area contributed by atoms with Crippen LogP contribution in [0.15, 0.2) is 12.3 Å². The number of carbonyl (C=O) groups is 2. The van der Waals surface area contributed by atoms with Crippen molar-refractivity contribution in [1.82, 2.24) is 0 Å². The van der Waals surface area contributed by atoms with Crippen LogP contribution in [0, 0.1) is 0 Å². The standard InChI is InChI=1S/C8H14O6Si/c1-6(2)12-15(11-5,13-7(3)9)14-8(4)10/h1H2,2-5H3. The van der Waals surface area contributed by atoms with E-state index in [1.807, 2.05) is 0 Å². The molecule has 0 N–H and O–H groups in total. The van der Waals surface area contributed by atoms with Gasteiger partial charge >= 0.3 is 9.05 Å². The lowest BCUT2D eigenvalue weighted by Gasteiger charge is -2.23. The van der Waals surface area contributed by atoms with Crippen LogP contribution in [0.5, 0.6) is 0 Å². The fourth-order valence-corrected chi connectivity index (χ4v) is 2.26. The highest BCUT2D eigenvalue weighted by atomic mass is 28.4. The zero-order valence-corrected chi connectivity index (χ0v) is 10.2. The van der Waals surface area contributed by atoms with Crippen molar-refractivity contribution < 1.29 is 27.3 Å². The summed E-state index contributed by atoms with van der Waals surface area (Å²) in [5.74, 6) is -1.09. The van der Waals surface area contributed by atoms with Crippen molar-refractivity contribution in [2.45, 2.75) is 20.8 Å². The molecular weight excluding hydrogens is 220 g/mol. The van der Waals surface area contributed by atoms with Crippen molar-refractivity contribution in [3.8, 4) is 0 Å². The van der Waals surface area contributed by atoms with Crippen LogP contribution >= 0.6 is 0 Å². The summed E-state index contributed by atoms with van der Waals surface area (Å²) in [6.07, 6.45) is 0. The molecule has 0 aromatic carbocycles. The van der Waals surface area contributed by atoms with Gasteiger partial charge in [0.1, 0.15) is 0 Å². The highest BCUT2D eigenvalue weighted by Crippen LogP contribution is 2.15. The van der Waals surface area contributed by atoms with Gasteiger partial charge in [0.25, 0.3) is 11.9 Å². The molecule has 6 nitrogen and oxygen atoms in total. The van der Waals surface area contributed by atoms with E-state index in [0.29, 0.717) is 0 Å². The third kappa shape index (κ3) is 5.18. The van der Waals surface area contributed by atoms with Gasteiger partial charge in [0, 0.05) is 21.0 Å². The first-order chi connectivity index (χ1) is 6.81. The minimum atomic E-state index is -3.76. The molecule has 0 aromatic heterocycles. The number of hydrogen-bond donors (Lipinski definition) is 0. The summed E-state index contributed by atoms with van der Waals surface area (Å²) in [4.78, 5) is 21.6. The van der Waals surface area contributed by atoms with Crippen molar-refractivity contribution in [3.05, 3.63) is 12.3 Å². The summed E-state index contributed by atoms with van der Waals surface area (Å²) in [7, 11) is -2.53. The maximum atomic E-state index is 10.8. The molecule has 0 heterocycles. The third-order valence-electron chi connectivity index (χ3n) is 1.09. The van der Waals surface area contributed by atoms with Crippen LogP contribution in [0.25, 0.3) is 0 Å². The van der Waals surface area contributed by atoms with E-state index in [1.54, 1.807) is 0 Å². The molecular formula is C8H14O6Si. The first-order valence-electron chi connectivity index (χ1n) is 4.10. The van der Waals surface area contributed by atoms with Gasteiger partial charge < -0.3 is 17.7 Å². The first-order valence-corrected chi connectivity index (χ1v) is 5.73. The van der Waals surface area contributed by atoms with Gasteiger partial charge in [-0.05, 0) is 6.92 Å². The van der Waals surface area contributed by atoms with Crippen LogP contribution in [-0.2, 0) is 27.3 Å². The smallest absolute Gasteiger partial charge is 0.466 e. The SMILES string of the molecule is C=C(C)O[Si](OC)(OC(C)=O)OC(C)=O. The zero-order chi connectivity index (χ0) is 12.1. The van der Waals surface area contributed by atoms with E-state index in [-0.39, 0.29) is 5.76 Å². The van der Waals surface area contributed by atoms with Crippen LogP contribution in [0.1, 0.15) is 20.8 Å². The van der Waals surface area contributed by atoms with Crippen molar-refractivity contribution in [3.63, 3.8) is 0 Å². The molecule has 0 bridgehead atoms. The highest BCUT2D eigenvalue weighted by Gasteiger charge is 2.55. The van der Waals surface area contributed by atoms with E-state index in [4.69, 9.17) is 17.7 Å². The Labute approximate surface area is 89.3 Å². The molecule has 0 spiro atoms. The minimum Gasteiger partial charge on any atom is -0.466 e. The van der Waals surface area contributed by atoms with Crippen molar-refractivity contribution in [2.24, 2.45) is 0 Å². The van der Waals surface area contributed by atoms with Crippen LogP contribution in [0.3, 0.4) is 0 Å². The summed E-state index contributed by atoms with van der Waals surface area (Å²) >= 11 is 0. The second kappa shape index (κ2) is 5.52. The van der Waals surface area contributed by atoms with Gasteiger partial charge in [-0.15, -0.1) is 0 Å². The molecule has 0 fully saturated rings. The summed E-state index contributed by atoms with van der Waals surface area (Å²) in [5.41, 5.74) is 0. The molecule has 15 heavy (non-hydrogen) atoms. The Morgan fingerprint density at radius 1 is 1.00 bits per heavy atom. The lowest BCUT2D eigenvalue weighted by Crippen LogP contribution is -2.50. The van der Waals surface area contributed by atoms with E-state index in [9.17, 15) is 9.59 Å². The Morgan fingerprint density at radius 2 is 1.40 bits per heavy atom. The van der Waals surface area contributed by atoms with Gasteiger partial charge in [0.2, 0.25) is 0 Å². The Hall–Kier alpha value is -1.34. The Kier molecular flexibility index (Phi) is 5.02. The molecule has 7 heteroatoms. The number of carbonyl (C=O) groups excluding carboxylic acids is 2. The summed E-state index contributed by atoms with van der Waals surface area (Å²) in [6.45, 7) is 7.29. The van der Waals surface area contributed by atoms with E-state index >= 15 is 0 Å². The maximum Gasteiger partial charge on any atom is 0.896 e. The molecule has 0 rings (SSSR count). The molecule has 0 unspecified atom stereocenters.